The van der Waals surface area contributed by atoms with Gasteiger partial charge in [-0.25, -0.2) is 4.98 Å². The number of hydrogen-bond acceptors (Lipinski definition) is 3. The highest BCUT2D eigenvalue weighted by Gasteiger charge is 2.37. The van der Waals surface area contributed by atoms with Gasteiger partial charge in [-0.3, -0.25) is 0 Å². The van der Waals surface area contributed by atoms with Crippen molar-refractivity contribution in [2.45, 2.75) is 46.2 Å². The third kappa shape index (κ3) is 1.82. The summed E-state index contributed by atoms with van der Waals surface area (Å²) in [6.45, 7) is 7.27. The van der Waals surface area contributed by atoms with Crippen LogP contribution in [-0.2, 0) is 6.54 Å². The van der Waals surface area contributed by atoms with Gasteiger partial charge in [-0.15, -0.1) is 0 Å². The van der Waals surface area contributed by atoms with Crippen LogP contribution in [0.1, 0.15) is 38.3 Å². The van der Waals surface area contributed by atoms with Crippen LogP contribution in [0, 0.1) is 12.3 Å². The molecule has 0 aliphatic heterocycles. The topological polar surface area (TPSA) is 38.1 Å². The van der Waals surface area contributed by atoms with E-state index in [1.54, 1.807) is 6.20 Å². The number of hydrogen-bond donors (Lipinski definition) is 1. The first-order valence-corrected chi connectivity index (χ1v) is 5.22. The number of nitrogens with zero attached hydrogens (tertiary/aromatic N) is 1. The predicted octanol–water partition coefficient (Wildman–Crippen LogP) is 2.26. The first-order chi connectivity index (χ1) is 6.58. The fourth-order valence-corrected chi connectivity index (χ4v) is 1.94. The molecule has 1 saturated carbocycles. The molecule has 0 bridgehead atoms. The zero-order valence-electron chi connectivity index (χ0n) is 9.13. The molecular formula is C11H18N2O. The standard InChI is InChI=1S/C11H18N2O/c1-8-6-13-10(14-8)7-12-9-4-5-11(9,2)3/h6,9,12H,4-5,7H2,1-3H3. The summed E-state index contributed by atoms with van der Waals surface area (Å²) in [5.41, 5.74) is 0.446. The van der Waals surface area contributed by atoms with Gasteiger partial charge in [0.05, 0.1) is 12.7 Å². The van der Waals surface area contributed by atoms with Gasteiger partial charge in [-0.1, -0.05) is 13.8 Å². The van der Waals surface area contributed by atoms with E-state index in [0.717, 1.165) is 18.2 Å². The lowest BCUT2D eigenvalue weighted by Crippen LogP contribution is -2.49. The van der Waals surface area contributed by atoms with Crippen molar-refractivity contribution in [1.82, 2.24) is 10.3 Å². The molecule has 0 saturated heterocycles. The Bertz CT molecular complexity index is 317. The van der Waals surface area contributed by atoms with Gasteiger partial charge >= 0.3 is 0 Å². The largest absolute Gasteiger partial charge is 0.445 e. The van der Waals surface area contributed by atoms with Crippen LogP contribution < -0.4 is 5.32 Å². The summed E-state index contributed by atoms with van der Waals surface area (Å²) in [4.78, 5) is 4.16. The second-order valence-corrected chi connectivity index (χ2v) is 4.83. The van der Waals surface area contributed by atoms with Crippen molar-refractivity contribution in [2.75, 3.05) is 0 Å². The summed E-state index contributed by atoms with van der Waals surface area (Å²) in [7, 11) is 0. The zero-order valence-corrected chi connectivity index (χ0v) is 9.13. The molecule has 78 valence electrons. The Morgan fingerprint density at radius 3 is 2.86 bits per heavy atom. The molecule has 14 heavy (non-hydrogen) atoms. The molecule has 0 radical (unpaired) electrons. The first-order valence-electron chi connectivity index (χ1n) is 5.22. The fraction of sp³-hybridized carbons (Fsp3) is 0.727. The van der Waals surface area contributed by atoms with E-state index in [0.29, 0.717) is 11.5 Å². The molecule has 1 heterocycles. The van der Waals surface area contributed by atoms with Crippen LogP contribution in [0.25, 0.3) is 0 Å². The Morgan fingerprint density at radius 1 is 1.64 bits per heavy atom. The van der Waals surface area contributed by atoms with E-state index in [1.165, 1.54) is 12.8 Å². The molecule has 2 rings (SSSR count). The van der Waals surface area contributed by atoms with Crippen LogP contribution in [0.4, 0.5) is 0 Å². The zero-order chi connectivity index (χ0) is 10.2. The molecule has 1 atom stereocenters. The third-order valence-electron chi connectivity index (χ3n) is 3.19. The van der Waals surface area contributed by atoms with Gasteiger partial charge in [0.1, 0.15) is 5.76 Å². The minimum atomic E-state index is 0.446. The molecule has 1 aliphatic rings. The molecule has 1 unspecified atom stereocenters. The Balaban J connectivity index is 1.83. The predicted molar refractivity (Wildman–Crippen MR) is 54.9 cm³/mol. The first kappa shape index (κ1) is 9.71. The lowest BCUT2D eigenvalue weighted by atomic mass is 9.67. The van der Waals surface area contributed by atoms with Crippen molar-refractivity contribution in [3.63, 3.8) is 0 Å². The Hall–Kier alpha value is -0.830. The quantitative estimate of drug-likeness (QED) is 0.802. The highest BCUT2D eigenvalue weighted by atomic mass is 16.4. The van der Waals surface area contributed by atoms with E-state index in [9.17, 15) is 0 Å². The van der Waals surface area contributed by atoms with E-state index in [-0.39, 0.29) is 0 Å². The lowest BCUT2D eigenvalue weighted by molar-refractivity contribution is 0.105. The lowest BCUT2D eigenvalue weighted by Gasteiger charge is -2.44. The second-order valence-electron chi connectivity index (χ2n) is 4.83. The van der Waals surface area contributed by atoms with E-state index in [2.05, 4.69) is 24.1 Å². The van der Waals surface area contributed by atoms with Gasteiger partial charge in [-0.05, 0) is 25.2 Å². The number of aromatic nitrogens is 1. The molecule has 1 aromatic heterocycles. The summed E-state index contributed by atoms with van der Waals surface area (Å²) >= 11 is 0. The van der Waals surface area contributed by atoms with Crippen LogP contribution in [0.5, 0.6) is 0 Å². The van der Waals surface area contributed by atoms with Gasteiger partial charge < -0.3 is 9.73 Å². The summed E-state index contributed by atoms with van der Waals surface area (Å²) in [6, 6.07) is 0.620. The van der Waals surface area contributed by atoms with Crippen LogP contribution in [0.2, 0.25) is 0 Å². The highest BCUT2D eigenvalue weighted by Crippen LogP contribution is 2.39. The van der Waals surface area contributed by atoms with Gasteiger partial charge in [0.2, 0.25) is 5.89 Å². The van der Waals surface area contributed by atoms with Gasteiger partial charge in [0.25, 0.3) is 0 Å². The van der Waals surface area contributed by atoms with E-state index >= 15 is 0 Å². The molecule has 0 spiro atoms. The van der Waals surface area contributed by atoms with E-state index < -0.39 is 0 Å². The van der Waals surface area contributed by atoms with Crippen LogP contribution >= 0.6 is 0 Å². The Labute approximate surface area is 84.9 Å². The SMILES string of the molecule is Cc1cnc(CNC2CCC2(C)C)o1. The normalized spacial score (nSPS) is 24.6. The van der Waals surface area contributed by atoms with Gasteiger partial charge in [0.15, 0.2) is 0 Å². The number of oxazole rings is 1. The maximum absolute atomic E-state index is 5.40. The maximum Gasteiger partial charge on any atom is 0.208 e. The molecule has 3 nitrogen and oxygen atoms in total. The molecule has 0 aromatic carbocycles. The average Bonchev–Trinajstić information content (AvgIpc) is 2.50. The monoisotopic (exact) mass is 194 g/mol. The second kappa shape index (κ2) is 3.39. The number of nitrogens with one attached hydrogen (secondary N) is 1. The molecule has 1 N–H and O–H groups in total. The van der Waals surface area contributed by atoms with Crippen molar-refractivity contribution < 1.29 is 4.42 Å². The molecule has 1 aromatic rings. The number of aryl methyl sites for hydroxylation is 1. The van der Waals surface area contributed by atoms with Gasteiger partial charge in [-0.2, -0.15) is 0 Å². The van der Waals surface area contributed by atoms with Crippen molar-refractivity contribution >= 4 is 0 Å². The van der Waals surface area contributed by atoms with Crippen molar-refractivity contribution in [2.24, 2.45) is 5.41 Å². The van der Waals surface area contributed by atoms with Gasteiger partial charge in [0, 0.05) is 6.04 Å². The van der Waals surface area contributed by atoms with E-state index in [1.807, 2.05) is 6.92 Å². The van der Waals surface area contributed by atoms with Crippen LogP contribution in [0.3, 0.4) is 0 Å². The fourth-order valence-electron chi connectivity index (χ4n) is 1.94. The summed E-state index contributed by atoms with van der Waals surface area (Å²) in [5, 5.41) is 3.48. The molecule has 3 heteroatoms. The minimum absolute atomic E-state index is 0.446. The van der Waals surface area contributed by atoms with Crippen LogP contribution in [-0.4, -0.2) is 11.0 Å². The molecule has 1 aliphatic carbocycles. The summed E-state index contributed by atoms with van der Waals surface area (Å²) < 4.78 is 5.40. The smallest absolute Gasteiger partial charge is 0.208 e. The van der Waals surface area contributed by atoms with Crippen molar-refractivity contribution in [3.05, 3.63) is 17.8 Å². The average molecular weight is 194 g/mol. The Morgan fingerprint density at radius 2 is 2.43 bits per heavy atom. The maximum atomic E-state index is 5.40. The van der Waals surface area contributed by atoms with Crippen molar-refractivity contribution in [1.29, 1.82) is 0 Å². The molecular weight excluding hydrogens is 176 g/mol. The molecule has 0 amide bonds. The Kier molecular flexibility index (Phi) is 2.35. The molecule has 1 fully saturated rings. The highest BCUT2D eigenvalue weighted by molar-refractivity contribution is 4.96. The van der Waals surface area contributed by atoms with Crippen molar-refractivity contribution in [3.8, 4) is 0 Å². The van der Waals surface area contributed by atoms with Crippen LogP contribution in [0.15, 0.2) is 10.6 Å². The van der Waals surface area contributed by atoms with E-state index in [4.69, 9.17) is 4.42 Å². The number of rotatable bonds is 3. The summed E-state index contributed by atoms with van der Waals surface area (Å²) in [5.74, 6) is 1.68. The minimum Gasteiger partial charge on any atom is -0.445 e. The summed E-state index contributed by atoms with van der Waals surface area (Å²) in [6.07, 6.45) is 4.35. The third-order valence-corrected chi connectivity index (χ3v) is 3.19.